The van der Waals surface area contributed by atoms with Gasteiger partial charge in [0.05, 0.1) is 6.54 Å². The molecule has 0 fully saturated rings. The van der Waals surface area contributed by atoms with Gasteiger partial charge in [0.2, 0.25) is 5.89 Å². The molecule has 0 saturated heterocycles. The number of fused-ring (bicyclic) bond motifs is 1. The standard InChI is InChI=1S/C11H10N4O/c12-6-10-14-15-11(16-10)9-5-7-3-1-2-4-8(7)13-9/h1-5,13H,6,12H2. The van der Waals surface area contributed by atoms with Crippen molar-refractivity contribution in [3.8, 4) is 11.6 Å². The lowest BCUT2D eigenvalue weighted by Gasteiger charge is -1.87. The quantitative estimate of drug-likeness (QED) is 0.680. The van der Waals surface area contributed by atoms with Crippen LogP contribution in [0.15, 0.2) is 34.7 Å². The average molecular weight is 214 g/mol. The third kappa shape index (κ3) is 1.38. The Labute approximate surface area is 91.3 Å². The van der Waals surface area contributed by atoms with Crippen molar-refractivity contribution in [2.45, 2.75) is 6.54 Å². The number of nitrogens with zero attached hydrogens (tertiary/aromatic N) is 2. The van der Waals surface area contributed by atoms with Crippen molar-refractivity contribution in [2.24, 2.45) is 5.73 Å². The van der Waals surface area contributed by atoms with Gasteiger partial charge in [-0.3, -0.25) is 0 Å². The van der Waals surface area contributed by atoms with Gasteiger partial charge in [-0.05, 0) is 12.1 Å². The molecule has 3 rings (SSSR count). The fourth-order valence-corrected chi connectivity index (χ4v) is 1.63. The first-order valence-electron chi connectivity index (χ1n) is 4.97. The highest BCUT2D eigenvalue weighted by Crippen LogP contribution is 2.22. The van der Waals surface area contributed by atoms with Gasteiger partial charge in [0, 0.05) is 10.9 Å². The third-order valence-corrected chi connectivity index (χ3v) is 2.40. The minimum Gasteiger partial charge on any atom is -0.418 e. The van der Waals surface area contributed by atoms with E-state index in [1.807, 2.05) is 30.3 Å². The second-order valence-corrected chi connectivity index (χ2v) is 3.48. The summed E-state index contributed by atoms with van der Waals surface area (Å²) >= 11 is 0. The zero-order valence-electron chi connectivity index (χ0n) is 8.47. The van der Waals surface area contributed by atoms with E-state index in [9.17, 15) is 0 Å². The average Bonchev–Trinajstić information content (AvgIpc) is 2.95. The molecule has 3 aromatic rings. The van der Waals surface area contributed by atoms with Crippen LogP contribution >= 0.6 is 0 Å². The third-order valence-electron chi connectivity index (χ3n) is 2.40. The number of hydrogen-bond donors (Lipinski definition) is 2. The van der Waals surface area contributed by atoms with E-state index in [0.29, 0.717) is 11.8 Å². The minimum absolute atomic E-state index is 0.257. The van der Waals surface area contributed by atoms with E-state index < -0.39 is 0 Å². The van der Waals surface area contributed by atoms with E-state index in [2.05, 4.69) is 15.2 Å². The molecule has 3 N–H and O–H groups in total. The summed E-state index contributed by atoms with van der Waals surface area (Å²) in [5.74, 6) is 0.908. The SMILES string of the molecule is NCc1nnc(-c2cc3ccccc3[nH]2)o1. The Bertz CT molecular complexity index is 592. The van der Waals surface area contributed by atoms with Gasteiger partial charge in [0.25, 0.3) is 5.89 Å². The lowest BCUT2D eigenvalue weighted by atomic mass is 10.2. The molecule has 0 saturated carbocycles. The summed E-state index contributed by atoms with van der Waals surface area (Å²) in [6, 6.07) is 9.96. The number of aromatic nitrogens is 3. The zero-order valence-corrected chi connectivity index (χ0v) is 8.47. The van der Waals surface area contributed by atoms with Crippen LogP contribution in [0.2, 0.25) is 0 Å². The van der Waals surface area contributed by atoms with Gasteiger partial charge >= 0.3 is 0 Å². The first kappa shape index (κ1) is 9.11. The van der Waals surface area contributed by atoms with Crippen molar-refractivity contribution >= 4 is 10.9 Å². The Hall–Kier alpha value is -2.14. The van der Waals surface area contributed by atoms with Gasteiger partial charge in [-0.25, -0.2) is 0 Å². The molecule has 0 amide bonds. The molecule has 80 valence electrons. The maximum Gasteiger partial charge on any atom is 0.264 e. The Balaban J connectivity index is 2.11. The van der Waals surface area contributed by atoms with Gasteiger partial charge in [0.15, 0.2) is 0 Å². The normalized spacial score (nSPS) is 11.1. The summed E-state index contributed by atoms with van der Waals surface area (Å²) < 4.78 is 5.37. The predicted molar refractivity (Wildman–Crippen MR) is 59.5 cm³/mol. The van der Waals surface area contributed by atoms with Crippen LogP contribution in [0.5, 0.6) is 0 Å². The van der Waals surface area contributed by atoms with Crippen molar-refractivity contribution in [2.75, 3.05) is 0 Å². The Morgan fingerprint density at radius 2 is 2.12 bits per heavy atom. The summed E-state index contributed by atoms with van der Waals surface area (Å²) in [7, 11) is 0. The van der Waals surface area contributed by atoms with Crippen LogP contribution in [0.25, 0.3) is 22.5 Å². The molecule has 5 heteroatoms. The van der Waals surface area contributed by atoms with Gasteiger partial charge in [-0.1, -0.05) is 18.2 Å². The Kier molecular flexibility index (Phi) is 1.97. The van der Waals surface area contributed by atoms with E-state index in [0.717, 1.165) is 16.6 Å². The highest BCUT2D eigenvalue weighted by Gasteiger charge is 2.09. The molecule has 1 aromatic carbocycles. The molecule has 5 nitrogen and oxygen atoms in total. The highest BCUT2D eigenvalue weighted by molar-refractivity contribution is 5.84. The Morgan fingerprint density at radius 3 is 2.88 bits per heavy atom. The fourth-order valence-electron chi connectivity index (χ4n) is 1.63. The molecule has 0 atom stereocenters. The first-order valence-corrected chi connectivity index (χ1v) is 4.97. The van der Waals surface area contributed by atoms with Gasteiger partial charge in [-0.2, -0.15) is 0 Å². The van der Waals surface area contributed by atoms with E-state index >= 15 is 0 Å². The lowest BCUT2D eigenvalue weighted by molar-refractivity contribution is 0.507. The number of benzene rings is 1. The van der Waals surface area contributed by atoms with Crippen LogP contribution in [-0.2, 0) is 6.54 Å². The number of para-hydroxylation sites is 1. The van der Waals surface area contributed by atoms with Crippen molar-refractivity contribution in [3.63, 3.8) is 0 Å². The number of H-pyrrole nitrogens is 1. The summed E-state index contributed by atoms with van der Waals surface area (Å²) in [5, 5.41) is 8.86. The monoisotopic (exact) mass is 214 g/mol. The first-order chi connectivity index (χ1) is 7.86. The summed E-state index contributed by atoms with van der Waals surface area (Å²) in [6.07, 6.45) is 0. The lowest BCUT2D eigenvalue weighted by Crippen LogP contribution is -1.95. The second kappa shape index (κ2) is 3.46. The van der Waals surface area contributed by atoms with Crippen molar-refractivity contribution in [3.05, 3.63) is 36.2 Å². The molecule has 0 bridgehead atoms. The van der Waals surface area contributed by atoms with Gasteiger partial charge in [-0.15, -0.1) is 10.2 Å². The number of aromatic amines is 1. The topological polar surface area (TPSA) is 80.7 Å². The van der Waals surface area contributed by atoms with Crippen LogP contribution in [0.1, 0.15) is 5.89 Å². The minimum atomic E-state index is 0.257. The van der Waals surface area contributed by atoms with Crippen LogP contribution in [-0.4, -0.2) is 15.2 Å². The molecular weight excluding hydrogens is 204 g/mol. The van der Waals surface area contributed by atoms with Crippen molar-refractivity contribution in [1.29, 1.82) is 0 Å². The van der Waals surface area contributed by atoms with Crippen molar-refractivity contribution in [1.82, 2.24) is 15.2 Å². The molecule has 2 heterocycles. The predicted octanol–water partition coefficient (Wildman–Crippen LogP) is 1.68. The molecule has 0 spiro atoms. The summed E-state index contributed by atoms with van der Waals surface area (Å²) in [5.41, 5.74) is 7.27. The molecule has 16 heavy (non-hydrogen) atoms. The van der Waals surface area contributed by atoms with Gasteiger partial charge in [0.1, 0.15) is 5.69 Å². The molecule has 0 aliphatic heterocycles. The molecule has 2 aromatic heterocycles. The van der Waals surface area contributed by atoms with E-state index in [-0.39, 0.29) is 6.54 Å². The number of nitrogens with one attached hydrogen (secondary N) is 1. The molecule has 0 radical (unpaired) electrons. The maximum absolute atomic E-state index is 5.41. The highest BCUT2D eigenvalue weighted by atomic mass is 16.4. The Morgan fingerprint density at radius 1 is 1.25 bits per heavy atom. The zero-order chi connectivity index (χ0) is 11.0. The smallest absolute Gasteiger partial charge is 0.264 e. The summed E-state index contributed by atoms with van der Waals surface area (Å²) in [6.45, 7) is 0.257. The molecule has 0 unspecified atom stereocenters. The molecule has 0 aliphatic rings. The van der Waals surface area contributed by atoms with Crippen molar-refractivity contribution < 1.29 is 4.42 Å². The molecular formula is C11H10N4O. The van der Waals surface area contributed by atoms with Crippen LogP contribution < -0.4 is 5.73 Å². The number of nitrogens with two attached hydrogens (primary N) is 1. The number of rotatable bonds is 2. The van der Waals surface area contributed by atoms with E-state index in [1.165, 1.54) is 0 Å². The van der Waals surface area contributed by atoms with Gasteiger partial charge < -0.3 is 15.1 Å². The maximum atomic E-state index is 5.41. The number of hydrogen-bond acceptors (Lipinski definition) is 4. The van der Waals surface area contributed by atoms with E-state index in [4.69, 9.17) is 10.2 Å². The molecule has 0 aliphatic carbocycles. The van der Waals surface area contributed by atoms with E-state index in [1.54, 1.807) is 0 Å². The summed E-state index contributed by atoms with van der Waals surface area (Å²) in [4.78, 5) is 3.21. The fraction of sp³-hybridized carbons (Fsp3) is 0.0909. The largest absolute Gasteiger partial charge is 0.418 e. The van der Waals surface area contributed by atoms with Crippen LogP contribution in [0, 0.1) is 0 Å². The van der Waals surface area contributed by atoms with Crippen LogP contribution in [0.4, 0.5) is 0 Å². The van der Waals surface area contributed by atoms with Crippen LogP contribution in [0.3, 0.4) is 0 Å². The second-order valence-electron chi connectivity index (χ2n) is 3.48.